The molecular weight excluding hydrogens is 248 g/mol. The number of ketones is 1. The predicted octanol–water partition coefficient (Wildman–Crippen LogP) is 0.498. The molecular formula is C14H26O5. The maximum Gasteiger partial charge on any atom is 0.166 e. The Morgan fingerprint density at radius 2 is 1.63 bits per heavy atom. The number of Topliss-reactive ketones (excluding diaryl/α,β-unsaturated/α-hetero) is 1. The Kier molecular flexibility index (Phi) is 5.92. The van der Waals surface area contributed by atoms with Crippen LogP contribution in [-0.2, 0) is 9.53 Å². The van der Waals surface area contributed by atoms with Crippen LogP contribution in [0.1, 0.15) is 40.5 Å². The van der Waals surface area contributed by atoms with Crippen molar-refractivity contribution in [3.05, 3.63) is 0 Å². The highest BCUT2D eigenvalue weighted by atomic mass is 16.5. The van der Waals surface area contributed by atoms with Gasteiger partial charge < -0.3 is 20.1 Å². The lowest BCUT2D eigenvalue weighted by molar-refractivity contribution is -0.222. The van der Waals surface area contributed by atoms with Crippen LogP contribution in [0.4, 0.5) is 0 Å². The molecule has 0 aromatic carbocycles. The lowest BCUT2D eigenvalue weighted by Gasteiger charge is -2.40. The molecule has 1 aliphatic rings. The molecule has 112 valence electrons. The Morgan fingerprint density at radius 3 is 2.11 bits per heavy atom. The number of hydrogen-bond donors (Lipinski definition) is 3. The Morgan fingerprint density at radius 1 is 1.05 bits per heavy atom. The number of hydrogen-bond acceptors (Lipinski definition) is 5. The van der Waals surface area contributed by atoms with Gasteiger partial charge in [-0.25, -0.2) is 0 Å². The van der Waals surface area contributed by atoms with Crippen molar-refractivity contribution in [1.82, 2.24) is 0 Å². The SMILES string of the molecule is CC(C)CC[C@@H]1O[C@H](C(=O)C(C)C)C(O)[C@H](O)C1O. The number of ether oxygens (including phenoxy) is 1. The van der Waals surface area contributed by atoms with E-state index < -0.39 is 30.5 Å². The molecule has 0 saturated carbocycles. The van der Waals surface area contributed by atoms with Gasteiger partial charge in [0.25, 0.3) is 0 Å². The molecule has 0 spiro atoms. The summed E-state index contributed by atoms with van der Waals surface area (Å²) in [5.74, 6) is -0.0834. The third kappa shape index (κ3) is 3.99. The van der Waals surface area contributed by atoms with Crippen LogP contribution < -0.4 is 0 Å². The molecule has 0 aromatic rings. The van der Waals surface area contributed by atoms with Gasteiger partial charge in [-0.05, 0) is 18.8 Å². The van der Waals surface area contributed by atoms with Gasteiger partial charge in [-0.1, -0.05) is 27.7 Å². The Labute approximate surface area is 114 Å². The summed E-state index contributed by atoms with van der Waals surface area (Å²) in [4.78, 5) is 12.0. The summed E-state index contributed by atoms with van der Waals surface area (Å²) in [6.07, 6.45) is -4.11. The smallest absolute Gasteiger partial charge is 0.166 e. The molecule has 3 N–H and O–H groups in total. The Balaban J connectivity index is 2.76. The minimum Gasteiger partial charge on any atom is -0.388 e. The van der Waals surface area contributed by atoms with Gasteiger partial charge in [0.2, 0.25) is 0 Å². The van der Waals surface area contributed by atoms with E-state index in [1.54, 1.807) is 13.8 Å². The lowest BCUT2D eigenvalue weighted by Crippen LogP contribution is -2.60. The maximum atomic E-state index is 12.0. The molecule has 0 amide bonds. The third-order valence-electron chi connectivity index (χ3n) is 3.59. The zero-order chi connectivity index (χ0) is 14.7. The first-order valence-electron chi connectivity index (χ1n) is 6.99. The fraction of sp³-hybridized carbons (Fsp3) is 0.929. The van der Waals surface area contributed by atoms with E-state index in [1.165, 1.54) is 0 Å². The van der Waals surface area contributed by atoms with Crippen LogP contribution in [0.3, 0.4) is 0 Å². The summed E-state index contributed by atoms with van der Waals surface area (Å²) in [7, 11) is 0. The average Bonchev–Trinajstić information content (AvgIpc) is 2.34. The van der Waals surface area contributed by atoms with Crippen molar-refractivity contribution in [3.63, 3.8) is 0 Å². The molecule has 19 heavy (non-hydrogen) atoms. The van der Waals surface area contributed by atoms with Gasteiger partial charge in [-0.15, -0.1) is 0 Å². The number of aliphatic hydroxyl groups is 3. The van der Waals surface area contributed by atoms with E-state index >= 15 is 0 Å². The quantitative estimate of drug-likeness (QED) is 0.679. The Hall–Kier alpha value is -0.490. The molecule has 1 saturated heterocycles. The molecule has 1 heterocycles. The van der Waals surface area contributed by atoms with Gasteiger partial charge in [-0.3, -0.25) is 4.79 Å². The van der Waals surface area contributed by atoms with Gasteiger partial charge in [-0.2, -0.15) is 0 Å². The summed E-state index contributed by atoms with van der Waals surface area (Å²) in [5, 5.41) is 29.6. The lowest BCUT2D eigenvalue weighted by atomic mass is 9.87. The monoisotopic (exact) mass is 274 g/mol. The first kappa shape index (κ1) is 16.6. The molecule has 5 heteroatoms. The second-order valence-electron chi connectivity index (χ2n) is 6.10. The van der Waals surface area contributed by atoms with Crippen molar-refractivity contribution in [3.8, 4) is 0 Å². The van der Waals surface area contributed by atoms with Crippen LogP contribution in [0.25, 0.3) is 0 Å². The minimum absolute atomic E-state index is 0.243. The summed E-state index contributed by atoms with van der Waals surface area (Å²) in [6, 6.07) is 0. The van der Waals surface area contributed by atoms with Crippen molar-refractivity contribution in [1.29, 1.82) is 0 Å². The van der Waals surface area contributed by atoms with E-state index in [-0.39, 0.29) is 11.7 Å². The number of carbonyl (C=O) groups is 1. The second-order valence-corrected chi connectivity index (χ2v) is 6.10. The van der Waals surface area contributed by atoms with Crippen LogP contribution in [0, 0.1) is 11.8 Å². The van der Waals surface area contributed by atoms with Crippen molar-refractivity contribution in [2.75, 3.05) is 0 Å². The van der Waals surface area contributed by atoms with Crippen LogP contribution >= 0.6 is 0 Å². The summed E-state index contributed by atoms with van der Waals surface area (Å²) in [5.41, 5.74) is 0. The van der Waals surface area contributed by atoms with Gasteiger partial charge in [0.15, 0.2) is 5.78 Å². The van der Waals surface area contributed by atoms with Crippen molar-refractivity contribution < 1.29 is 24.9 Å². The molecule has 1 rings (SSSR count). The fourth-order valence-electron chi connectivity index (χ4n) is 2.25. The standard InChI is InChI=1S/C14H26O5/c1-7(2)5-6-9-11(16)12(17)13(18)14(19-9)10(15)8(3)4/h7-9,11-14,16-18H,5-6H2,1-4H3/t9-,11?,12+,13?,14+/m0/s1. The third-order valence-corrected chi connectivity index (χ3v) is 3.59. The number of aliphatic hydroxyl groups excluding tert-OH is 3. The summed E-state index contributed by atoms with van der Waals surface area (Å²) >= 11 is 0. The Bertz CT molecular complexity index is 302. The first-order valence-corrected chi connectivity index (χ1v) is 6.99. The van der Waals surface area contributed by atoms with Crippen LogP contribution in [0.5, 0.6) is 0 Å². The van der Waals surface area contributed by atoms with Crippen molar-refractivity contribution in [2.45, 2.75) is 71.1 Å². The summed E-state index contributed by atoms with van der Waals surface area (Å²) < 4.78 is 5.55. The molecule has 0 aliphatic carbocycles. The van der Waals surface area contributed by atoms with E-state index in [1.807, 2.05) is 0 Å². The molecule has 0 bridgehead atoms. The van der Waals surface area contributed by atoms with Crippen LogP contribution in [0.15, 0.2) is 0 Å². The van der Waals surface area contributed by atoms with Crippen molar-refractivity contribution in [2.24, 2.45) is 11.8 Å². The maximum absolute atomic E-state index is 12.0. The van der Waals surface area contributed by atoms with Crippen molar-refractivity contribution >= 4 is 5.78 Å². The van der Waals surface area contributed by atoms with E-state index in [9.17, 15) is 20.1 Å². The van der Waals surface area contributed by atoms with Gasteiger partial charge in [0.05, 0.1) is 6.10 Å². The molecule has 5 atom stereocenters. The van der Waals surface area contributed by atoms with E-state index in [2.05, 4.69) is 13.8 Å². The minimum atomic E-state index is -1.36. The van der Waals surface area contributed by atoms with Gasteiger partial charge in [0, 0.05) is 5.92 Å². The van der Waals surface area contributed by atoms with Crippen LogP contribution in [-0.4, -0.2) is 51.6 Å². The largest absolute Gasteiger partial charge is 0.388 e. The van der Waals surface area contributed by atoms with E-state index in [0.29, 0.717) is 12.3 Å². The molecule has 0 aromatic heterocycles. The first-order chi connectivity index (χ1) is 8.75. The molecule has 2 unspecified atom stereocenters. The molecule has 5 nitrogen and oxygen atoms in total. The predicted molar refractivity (Wildman–Crippen MR) is 70.6 cm³/mol. The zero-order valence-electron chi connectivity index (χ0n) is 12.1. The molecule has 1 aliphatic heterocycles. The van der Waals surface area contributed by atoms with E-state index in [4.69, 9.17) is 4.74 Å². The fourth-order valence-corrected chi connectivity index (χ4v) is 2.25. The molecule has 1 fully saturated rings. The molecule has 0 radical (unpaired) electrons. The highest BCUT2D eigenvalue weighted by molar-refractivity contribution is 5.85. The zero-order valence-corrected chi connectivity index (χ0v) is 12.1. The van der Waals surface area contributed by atoms with E-state index in [0.717, 1.165) is 6.42 Å². The van der Waals surface area contributed by atoms with Gasteiger partial charge >= 0.3 is 0 Å². The highest BCUT2D eigenvalue weighted by Gasteiger charge is 2.46. The second kappa shape index (κ2) is 6.79. The van der Waals surface area contributed by atoms with Gasteiger partial charge in [0.1, 0.15) is 24.4 Å². The van der Waals surface area contributed by atoms with Crippen LogP contribution in [0.2, 0.25) is 0 Å². The highest BCUT2D eigenvalue weighted by Crippen LogP contribution is 2.27. The number of rotatable bonds is 5. The summed E-state index contributed by atoms with van der Waals surface area (Å²) in [6.45, 7) is 7.55. The number of carbonyl (C=O) groups excluding carboxylic acids is 1. The normalized spacial score (nSPS) is 35.9. The topological polar surface area (TPSA) is 87.0 Å². The average molecular weight is 274 g/mol.